The molecule has 0 amide bonds. The van der Waals surface area contributed by atoms with E-state index in [-0.39, 0.29) is 0 Å². The maximum atomic E-state index is 5.97. The maximum absolute atomic E-state index is 5.97. The minimum Gasteiger partial charge on any atom is -0.416 e. The van der Waals surface area contributed by atoms with Crippen LogP contribution in [0.1, 0.15) is 53.9 Å². The fourth-order valence-electron chi connectivity index (χ4n) is 1.54. The summed E-state index contributed by atoms with van der Waals surface area (Å²) in [5.41, 5.74) is 1.48. The summed E-state index contributed by atoms with van der Waals surface area (Å²) in [6.45, 7) is 12.4. The van der Waals surface area contributed by atoms with Crippen molar-refractivity contribution in [2.24, 2.45) is 0 Å². The van der Waals surface area contributed by atoms with Crippen molar-refractivity contribution in [1.82, 2.24) is 0 Å². The third kappa shape index (κ3) is 6.27. The second-order valence-corrected chi connectivity index (χ2v) is 7.67. The molecule has 0 aromatic rings. The summed E-state index contributed by atoms with van der Waals surface area (Å²) in [5.74, 6) is 0. The number of hydrogen-bond donors (Lipinski definition) is 0. The van der Waals surface area contributed by atoms with Crippen molar-refractivity contribution in [2.75, 3.05) is 6.61 Å². The van der Waals surface area contributed by atoms with Gasteiger partial charge < -0.3 is 4.43 Å². The van der Waals surface area contributed by atoms with E-state index in [2.05, 4.69) is 34.6 Å². The first-order valence-electron chi connectivity index (χ1n) is 5.59. The standard InChI is InChI=1S/C11H25OSi/c1-6-7-8-9-12-13(10(2)3)11(4)5/h10-11H,6-9H2,1-5H3. The molecule has 79 valence electrons. The first-order chi connectivity index (χ1) is 6.09. The Balaban J connectivity index is 3.58. The summed E-state index contributed by atoms with van der Waals surface area (Å²) in [7, 11) is -0.559. The first-order valence-corrected chi connectivity index (χ1v) is 7.15. The summed E-state index contributed by atoms with van der Waals surface area (Å²) in [6.07, 6.45) is 3.84. The van der Waals surface area contributed by atoms with Gasteiger partial charge in [-0.3, -0.25) is 0 Å². The van der Waals surface area contributed by atoms with E-state index in [0.717, 1.165) is 17.7 Å². The zero-order chi connectivity index (χ0) is 10.3. The Hall–Kier alpha value is 0.177. The molecule has 0 aliphatic heterocycles. The highest BCUT2D eigenvalue weighted by molar-refractivity contribution is 6.54. The zero-order valence-corrected chi connectivity index (χ0v) is 10.9. The molecule has 13 heavy (non-hydrogen) atoms. The molecule has 0 aromatic heterocycles. The number of unbranched alkanes of at least 4 members (excludes halogenated alkanes) is 2. The molecule has 0 N–H and O–H groups in total. The summed E-state index contributed by atoms with van der Waals surface area (Å²) in [6, 6.07) is 0. The largest absolute Gasteiger partial charge is 0.416 e. The Bertz CT molecular complexity index is 105. The molecule has 0 fully saturated rings. The molecule has 0 aliphatic carbocycles. The molecule has 1 radical (unpaired) electrons. The molecular weight excluding hydrogens is 176 g/mol. The van der Waals surface area contributed by atoms with Gasteiger partial charge in [-0.1, -0.05) is 47.5 Å². The van der Waals surface area contributed by atoms with Gasteiger partial charge in [0, 0.05) is 6.61 Å². The quantitative estimate of drug-likeness (QED) is 0.447. The topological polar surface area (TPSA) is 9.23 Å². The second kappa shape index (κ2) is 7.57. The molecule has 0 saturated carbocycles. The lowest BCUT2D eigenvalue weighted by Crippen LogP contribution is -2.25. The van der Waals surface area contributed by atoms with Gasteiger partial charge in [-0.15, -0.1) is 0 Å². The van der Waals surface area contributed by atoms with Gasteiger partial charge in [-0.25, -0.2) is 0 Å². The molecule has 0 aromatic carbocycles. The van der Waals surface area contributed by atoms with Gasteiger partial charge in [0.15, 0.2) is 0 Å². The van der Waals surface area contributed by atoms with Crippen LogP contribution >= 0.6 is 0 Å². The van der Waals surface area contributed by atoms with Crippen LogP contribution in [0.25, 0.3) is 0 Å². The molecule has 0 atom stereocenters. The lowest BCUT2D eigenvalue weighted by Gasteiger charge is -2.22. The lowest BCUT2D eigenvalue weighted by molar-refractivity contribution is 0.296. The van der Waals surface area contributed by atoms with Crippen molar-refractivity contribution in [3.63, 3.8) is 0 Å². The predicted molar refractivity (Wildman–Crippen MR) is 61.4 cm³/mol. The van der Waals surface area contributed by atoms with Crippen LogP contribution in [0, 0.1) is 0 Å². The minimum atomic E-state index is -0.559. The van der Waals surface area contributed by atoms with Gasteiger partial charge in [0.2, 0.25) is 9.04 Å². The molecule has 1 nitrogen and oxygen atoms in total. The summed E-state index contributed by atoms with van der Waals surface area (Å²) < 4.78 is 5.97. The van der Waals surface area contributed by atoms with Crippen LogP contribution < -0.4 is 0 Å². The molecular formula is C11H25OSi. The fraction of sp³-hybridized carbons (Fsp3) is 1.00. The Kier molecular flexibility index (Phi) is 7.67. The van der Waals surface area contributed by atoms with E-state index in [1.165, 1.54) is 19.3 Å². The van der Waals surface area contributed by atoms with Crippen molar-refractivity contribution in [2.45, 2.75) is 65.0 Å². The van der Waals surface area contributed by atoms with E-state index in [1.54, 1.807) is 0 Å². The SMILES string of the molecule is CCCCCO[Si](C(C)C)C(C)C. The van der Waals surface area contributed by atoms with Crippen molar-refractivity contribution in [3.8, 4) is 0 Å². The lowest BCUT2D eigenvalue weighted by atomic mass is 10.3. The molecule has 0 rings (SSSR count). The van der Waals surface area contributed by atoms with E-state index < -0.39 is 9.04 Å². The monoisotopic (exact) mass is 201 g/mol. The van der Waals surface area contributed by atoms with Crippen LogP contribution in [-0.4, -0.2) is 15.6 Å². The van der Waals surface area contributed by atoms with E-state index in [9.17, 15) is 0 Å². The number of hydrogen-bond acceptors (Lipinski definition) is 1. The average molecular weight is 201 g/mol. The van der Waals surface area contributed by atoms with Crippen molar-refractivity contribution < 1.29 is 4.43 Å². The number of rotatable bonds is 7. The van der Waals surface area contributed by atoms with Gasteiger partial charge in [0.25, 0.3) is 0 Å². The highest BCUT2D eigenvalue weighted by atomic mass is 28.3. The predicted octanol–water partition coefficient (Wildman–Crippen LogP) is 4.00. The molecule has 0 unspecified atom stereocenters. The Morgan fingerprint density at radius 1 is 1.00 bits per heavy atom. The summed E-state index contributed by atoms with van der Waals surface area (Å²) in [5, 5.41) is 0. The van der Waals surface area contributed by atoms with Crippen LogP contribution in [0.2, 0.25) is 11.1 Å². The van der Waals surface area contributed by atoms with Crippen LogP contribution in [0.3, 0.4) is 0 Å². The highest BCUT2D eigenvalue weighted by Gasteiger charge is 2.21. The van der Waals surface area contributed by atoms with Gasteiger partial charge in [-0.2, -0.15) is 0 Å². The average Bonchev–Trinajstić information content (AvgIpc) is 2.02. The van der Waals surface area contributed by atoms with E-state index >= 15 is 0 Å². The van der Waals surface area contributed by atoms with Gasteiger partial charge in [0.1, 0.15) is 0 Å². The molecule has 0 aliphatic rings. The molecule has 0 heterocycles. The maximum Gasteiger partial charge on any atom is 0.216 e. The second-order valence-electron chi connectivity index (χ2n) is 4.27. The van der Waals surface area contributed by atoms with E-state index in [0.29, 0.717) is 0 Å². The highest BCUT2D eigenvalue weighted by Crippen LogP contribution is 2.21. The molecule has 2 heteroatoms. The third-order valence-corrected chi connectivity index (χ3v) is 4.97. The van der Waals surface area contributed by atoms with Gasteiger partial charge in [0.05, 0.1) is 0 Å². The van der Waals surface area contributed by atoms with Crippen molar-refractivity contribution in [1.29, 1.82) is 0 Å². The Morgan fingerprint density at radius 3 is 1.92 bits per heavy atom. The minimum absolute atomic E-state index is 0.559. The van der Waals surface area contributed by atoms with Crippen LogP contribution in [0.5, 0.6) is 0 Å². The van der Waals surface area contributed by atoms with E-state index in [1.807, 2.05) is 0 Å². The summed E-state index contributed by atoms with van der Waals surface area (Å²) in [4.78, 5) is 0. The van der Waals surface area contributed by atoms with Crippen LogP contribution in [-0.2, 0) is 4.43 Å². The smallest absolute Gasteiger partial charge is 0.216 e. The zero-order valence-electron chi connectivity index (χ0n) is 9.89. The van der Waals surface area contributed by atoms with Gasteiger partial charge in [-0.05, 0) is 17.5 Å². The normalized spacial score (nSPS) is 12.0. The third-order valence-electron chi connectivity index (χ3n) is 2.15. The molecule has 0 spiro atoms. The molecule has 0 saturated heterocycles. The van der Waals surface area contributed by atoms with E-state index in [4.69, 9.17) is 4.43 Å². The van der Waals surface area contributed by atoms with Crippen molar-refractivity contribution >= 4 is 9.04 Å². The van der Waals surface area contributed by atoms with Crippen molar-refractivity contribution in [3.05, 3.63) is 0 Å². The molecule has 0 bridgehead atoms. The van der Waals surface area contributed by atoms with Gasteiger partial charge >= 0.3 is 0 Å². The first kappa shape index (κ1) is 13.2. The van der Waals surface area contributed by atoms with Crippen LogP contribution in [0.4, 0.5) is 0 Å². The Morgan fingerprint density at radius 2 is 1.54 bits per heavy atom. The van der Waals surface area contributed by atoms with Crippen LogP contribution in [0.15, 0.2) is 0 Å². The fourth-order valence-corrected chi connectivity index (χ4v) is 3.92. The summed E-state index contributed by atoms with van der Waals surface area (Å²) >= 11 is 0. The Labute approximate surface area is 85.6 Å².